The number of hydrogen-bond acceptors (Lipinski definition) is 2. The van der Waals surface area contributed by atoms with Crippen LogP contribution in [0.5, 0.6) is 0 Å². The lowest BCUT2D eigenvalue weighted by Gasteiger charge is -2.06. The van der Waals surface area contributed by atoms with E-state index in [-0.39, 0.29) is 0 Å². The third kappa shape index (κ3) is 2.61. The number of pyridine rings is 1. The Kier molecular flexibility index (Phi) is 3.50. The largest absolute Gasteiger partial charge is 0.455 e. The lowest BCUT2D eigenvalue weighted by molar-refractivity contribution is 0.670. The summed E-state index contributed by atoms with van der Waals surface area (Å²) in [6, 6.07) is 33.5. The van der Waals surface area contributed by atoms with Crippen LogP contribution < -0.4 is 0 Å². The third-order valence-electron chi connectivity index (χ3n) is 5.53. The van der Waals surface area contributed by atoms with Crippen LogP contribution in [-0.2, 0) is 0 Å². The second-order valence-electron chi connectivity index (χ2n) is 7.27. The van der Waals surface area contributed by atoms with Gasteiger partial charge in [-0.05, 0) is 40.6 Å². The summed E-state index contributed by atoms with van der Waals surface area (Å²) < 4.78 is 6.16. The number of rotatable bonds is 2. The molecule has 0 bridgehead atoms. The van der Waals surface area contributed by atoms with Crippen molar-refractivity contribution in [2.45, 2.75) is 0 Å². The summed E-state index contributed by atoms with van der Waals surface area (Å²) in [6.07, 6.45) is 1.95. The van der Waals surface area contributed by atoms with Crippen LogP contribution in [-0.4, -0.2) is 4.98 Å². The minimum Gasteiger partial charge on any atom is -0.455 e. The lowest BCUT2D eigenvalue weighted by Crippen LogP contribution is -1.86. The van der Waals surface area contributed by atoms with E-state index in [9.17, 15) is 0 Å². The maximum atomic E-state index is 6.16. The Labute approximate surface area is 168 Å². The Morgan fingerprint density at radius 3 is 2.28 bits per heavy atom. The molecule has 0 N–H and O–H groups in total. The summed E-state index contributed by atoms with van der Waals surface area (Å²) >= 11 is 0. The topological polar surface area (TPSA) is 26.0 Å². The molecule has 0 atom stereocenters. The maximum absolute atomic E-state index is 6.16. The third-order valence-corrected chi connectivity index (χ3v) is 5.53. The van der Waals surface area contributed by atoms with Gasteiger partial charge in [0, 0.05) is 28.1 Å². The molecular formula is C27H17NO. The van der Waals surface area contributed by atoms with E-state index in [1.807, 2.05) is 24.4 Å². The highest BCUT2D eigenvalue weighted by Gasteiger charge is 2.12. The highest BCUT2D eigenvalue weighted by molar-refractivity contribution is 6.09. The smallest absolute Gasteiger partial charge is 0.144 e. The van der Waals surface area contributed by atoms with Gasteiger partial charge < -0.3 is 4.42 Å². The molecule has 2 aromatic heterocycles. The van der Waals surface area contributed by atoms with Crippen molar-refractivity contribution >= 4 is 32.7 Å². The van der Waals surface area contributed by atoms with Crippen molar-refractivity contribution in [3.63, 3.8) is 0 Å². The highest BCUT2D eigenvalue weighted by Crippen LogP contribution is 2.35. The second-order valence-corrected chi connectivity index (χ2v) is 7.27. The van der Waals surface area contributed by atoms with Crippen molar-refractivity contribution in [1.29, 1.82) is 0 Å². The highest BCUT2D eigenvalue weighted by atomic mass is 16.3. The molecule has 2 heteroatoms. The molecule has 4 aromatic carbocycles. The van der Waals surface area contributed by atoms with Crippen molar-refractivity contribution in [3.05, 3.63) is 103 Å². The van der Waals surface area contributed by atoms with E-state index in [0.29, 0.717) is 0 Å². The fraction of sp³-hybridized carbons (Fsp3) is 0. The Balaban J connectivity index is 1.45. The van der Waals surface area contributed by atoms with E-state index in [1.165, 1.54) is 16.3 Å². The minimum absolute atomic E-state index is 0.889. The van der Waals surface area contributed by atoms with Gasteiger partial charge >= 0.3 is 0 Å². The van der Waals surface area contributed by atoms with Gasteiger partial charge in [-0.25, -0.2) is 0 Å². The van der Waals surface area contributed by atoms with Gasteiger partial charge in [0.05, 0.1) is 5.69 Å². The van der Waals surface area contributed by atoms with Crippen LogP contribution >= 0.6 is 0 Å². The van der Waals surface area contributed by atoms with Crippen LogP contribution in [0.2, 0.25) is 0 Å². The molecule has 0 saturated carbocycles. The summed E-state index contributed by atoms with van der Waals surface area (Å²) in [4.78, 5) is 4.77. The van der Waals surface area contributed by atoms with Gasteiger partial charge in [0.25, 0.3) is 0 Å². The van der Waals surface area contributed by atoms with Crippen LogP contribution in [0.25, 0.3) is 55.1 Å². The molecule has 136 valence electrons. The number of fused-ring (bicyclic) bond motifs is 4. The first kappa shape index (κ1) is 16.1. The molecule has 0 unspecified atom stereocenters. The average Bonchev–Trinajstić information content (AvgIpc) is 3.18. The quantitative estimate of drug-likeness (QED) is 0.315. The van der Waals surface area contributed by atoms with Crippen LogP contribution in [0, 0.1) is 0 Å². The molecule has 0 spiro atoms. The molecule has 2 nitrogen and oxygen atoms in total. The summed E-state index contributed by atoms with van der Waals surface area (Å²) in [5.74, 6) is 0. The molecule has 29 heavy (non-hydrogen) atoms. The Bertz CT molecular complexity index is 1490. The molecular weight excluding hydrogens is 354 g/mol. The fourth-order valence-corrected chi connectivity index (χ4v) is 4.04. The average molecular weight is 371 g/mol. The number of nitrogens with zero attached hydrogens (tertiary/aromatic N) is 1. The Hall–Kier alpha value is -3.91. The van der Waals surface area contributed by atoms with Crippen LogP contribution in [0.3, 0.4) is 0 Å². The van der Waals surface area contributed by atoms with Crippen molar-refractivity contribution in [1.82, 2.24) is 4.98 Å². The van der Waals surface area contributed by atoms with Crippen LogP contribution in [0.1, 0.15) is 0 Å². The zero-order valence-electron chi connectivity index (χ0n) is 15.7. The van der Waals surface area contributed by atoms with E-state index >= 15 is 0 Å². The van der Waals surface area contributed by atoms with Crippen LogP contribution in [0.4, 0.5) is 0 Å². The first-order valence-electron chi connectivity index (χ1n) is 9.73. The molecule has 6 aromatic rings. The molecule has 0 aliphatic rings. The monoisotopic (exact) mass is 371 g/mol. The van der Waals surface area contributed by atoms with E-state index < -0.39 is 0 Å². The Morgan fingerprint density at radius 2 is 1.38 bits per heavy atom. The summed E-state index contributed by atoms with van der Waals surface area (Å²) in [6.45, 7) is 0. The van der Waals surface area contributed by atoms with Crippen LogP contribution in [0.15, 0.2) is 108 Å². The van der Waals surface area contributed by atoms with Gasteiger partial charge in [0.1, 0.15) is 11.2 Å². The van der Waals surface area contributed by atoms with Gasteiger partial charge in [-0.1, -0.05) is 72.8 Å². The maximum Gasteiger partial charge on any atom is 0.144 e. The van der Waals surface area contributed by atoms with Crippen molar-refractivity contribution < 1.29 is 4.42 Å². The number of para-hydroxylation sites is 2. The Morgan fingerprint density at radius 1 is 0.586 bits per heavy atom. The van der Waals surface area contributed by atoms with E-state index in [4.69, 9.17) is 9.40 Å². The summed E-state index contributed by atoms with van der Waals surface area (Å²) in [5, 5.41) is 4.74. The minimum atomic E-state index is 0.889. The zero-order chi connectivity index (χ0) is 19.2. The van der Waals surface area contributed by atoms with Gasteiger partial charge in [-0.15, -0.1) is 0 Å². The first-order valence-corrected chi connectivity index (χ1v) is 9.73. The normalized spacial score (nSPS) is 11.4. The van der Waals surface area contributed by atoms with Gasteiger partial charge in [0.2, 0.25) is 0 Å². The first-order chi connectivity index (χ1) is 14.4. The van der Waals surface area contributed by atoms with Crippen molar-refractivity contribution in [2.24, 2.45) is 0 Å². The lowest BCUT2D eigenvalue weighted by atomic mass is 10.0. The van der Waals surface area contributed by atoms with Gasteiger partial charge in [-0.2, -0.15) is 0 Å². The molecule has 0 aliphatic heterocycles. The molecule has 0 fully saturated rings. The van der Waals surface area contributed by atoms with E-state index in [0.717, 1.165) is 38.8 Å². The predicted octanol–water partition coefficient (Wildman–Crippen LogP) is 7.47. The number of aromatic nitrogens is 1. The molecule has 0 saturated heterocycles. The standard InChI is InChI=1S/C27H17NO/c1-2-7-19-16-20(13-12-18(19)6-1)21-14-15-25(28-17-21)24-10-5-9-23-22-8-3-4-11-26(22)29-27(23)24/h1-17H. The predicted molar refractivity (Wildman–Crippen MR) is 120 cm³/mol. The molecule has 0 radical (unpaired) electrons. The second kappa shape index (κ2) is 6.32. The molecule has 0 aliphatic carbocycles. The van der Waals surface area contributed by atoms with E-state index in [1.54, 1.807) is 0 Å². The fourth-order valence-electron chi connectivity index (χ4n) is 4.04. The van der Waals surface area contributed by atoms with Gasteiger partial charge in [0.15, 0.2) is 0 Å². The van der Waals surface area contributed by atoms with Crippen molar-refractivity contribution in [3.8, 4) is 22.4 Å². The number of hydrogen-bond donors (Lipinski definition) is 0. The number of furan rings is 1. The van der Waals surface area contributed by atoms with E-state index in [2.05, 4.69) is 78.9 Å². The van der Waals surface area contributed by atoms with Gasteiger partial charge in [-0.3, -0.25) is 4.98 Å². The molecule has 0 amide bonds. The number of benzene rings is 4. The van der Waals surface area contributed by atoms with Crippen molar-refractivity contribution in [2.75, 3.05) is 0 Å². The summed E-state index contributed by atoms with van der Waals surface area (Å²) in [7, 11) is 0. The molecule has 6 rings (SSSR count). The zero-order valence-corrected chi connectivity index (χ0v) is 15.7. The molecule has 2 heterocycles. The summed E-state index contributed by atoms with van der Waals surface area (Å²) in [5.41, 5.74) is 6.01. The SMILES string of the molecule is c1ccc2cc(-c3ccc(-c4cccc5c4oc4ccccc45)nc3)ccc2c1.